The van der Waals surface area contributed by atoms with Gasteiger partial charge in [0.1, 0.15) is 25.4 Å². The van der Waals surface area contributed by atoms with Crippen LogP contribution in [0.25, 0.3) is 0 Å². The lowest BCUT2D eigenvalue weighted by molar-refractivity contribution is -0.893. The SMILES string of the molecule is CNC(=O)c1ccc(C[NH+](C)CCOc2ccc(Cl)cc2)cc1. The summed E-state index contributed by atoms with van der Waals surface area (Å²) in [7, 11) is 3.76. The van der Waals surface area contributed by atoms with Gasteiger partial charge in [-0.25, -0.2) is 0 Å². The number of hydrogen-bond acceptors (Lipinski definition) is 2. The number of rotatable bonds is 7. The maximum atomic E-state index is 11.5. The maximum absolute atomic E-state index is 11.5. The Bertz CT molecular complexity index is 626. The largest absolute Gasteiger partial charge is 0.488 e. The second-order valence-corrected chi connectivity index (χ2v) is 5.90. The minimum absolute atomic E-state index is 0.0615. The van der Waals surface area contributed by atoms with Crippen LogP contribution in [0.1, 0.15) is 15.9 Å². The Hall–Kier alpha value is -2.04. The summed E-state index contributed by atoms with van der Waals surface area (Å²) in [5.74, 6) is 0.769. The molecule has 0 spiro atoms. The van der Waals surface area contributed by atoms with Crippen molar-refractivity contribution in [3.8, 4) is 5.75 Å². The van der Waals surface area contributed by atoms with Gasteiger partial charge in [0.2, 0.25) is 0 Å². The molecule has 2 rings (SSSR count). The summed E-state index contributed by atoms with van der Waals surface area (Å²) in [5, 5.41) is 3.33. The molecule has 1 unspecified atom stereocenters. The standard InChI is InChI=1S/C18H21ClN2O2/c1-20-18(22)15-5-3-14(4-6-15)13-21(2)11-12-23-17-9-7-16(19)8-10-17/h3-10H,11-13H2,1-2H3,(H,20,22)/p+1. The predicted octanol–water partition coefficient (Wildman–Crippen LogP) is 1.79. The van der Waals surface area contributed by atoms with Gasteiger partial charge >= 0.3 is 0 Å². The smallest absolute Gasteiger partial charge is 0.251 e. The molecule has 0 aromatic heterocycles. The van der Waals surface area contributed by atoms with E-state index >= 15 is 0 Å². The lowest BCUT2D eigenvalue weighted by atomic mass is 10.1. The van der Waals surface area contributed by atoms with Crippen LogP contribution in [0.4, 0.5) is 0 Å². The van der Waals surface area contributed by atoms with E-state index in [9.17, 15) is 4.79 Å². The fourth-order valence-electron chi connectivity index (χ4n) is 2.23. The van der Waals surface area contributed by atoms with Crippen LogP contribution in [0, 0.1) is 0 Å². The first-order valence-corrected chi connectivity index (χ1v) is 7.97. The Labute approximate surface area is 142 Å². The van der Waals surface area contributed by atoms with Gasteiger partial charge in [-0.3, -0.25) is 4.79 Å². The molecule has 0 aliphatic rings. The average Bonchev–Trinajstić information content (AvgIpc) is 2.56. The number of nitrogens with one attached hydrogen (secondary N) is 2. The predicted molar refractivity (Wildman–Crippen MR) is 92.2 cm³/mol. The first kappa shape index (κ1) is 17.3. The van der Waals surface area contributed by atoms with E-state index in [4.69, 9.17) is 16.3 Å². The Balaban J connectivity index is 1.77. The van der Waals surface area contributed by atoms with E-state index in [1.807, 2.05) is 48.5 Å². The van der Waals surface area contributed by atoms with E-state index in [1.54, 1.807) is 7.05 Å². The molecule has 0 saturated heterocycles. The van der Waals surface area contributed by atoms with Gasteiger partial charge in [-0.1, -0.05) is 23.7 Å². The molecule has 1 atom stereocenters. The van der Waals surface area contributed by atoms with Crippen molar-refractivity contribution in [1.82, 2.24) is 5.32 Å². The minimum Gasteiger partial charge on any atom is -0.488 e. The van der Waals surface area contributed by atoms with Crippen molar-refractivity contribution in [2.24, 2.45) is 0 Å². The van der Waals surface area contributed by atoms with Crippen molar-refractivity contribution < 1.29 is 14.4 Å². The number of ether oxygens (including phenoxy) is 1. The van der Waals surface area contributed by atoms with Gasteiger partial charge in [0.15, 0.2) is 0 Å². The zero-order chi connectivity index (χ0) is 16.7. The van der Waals surface area contributed by atoms with Crippen molar-refractivity contribution in [1.29, 1.82) is 0 Å². The Kier molecular flexibility index (Phi) is 6.44. The highest BCUT2D eigenvalue weighted by molar-refractivity contribution is 6.30. The molecule has 0 aliphatic carbocycles. The minimum atomic E-state index is -0.0615. The fraction of sp³-hybridized carbons (Fsp3) is 0.278. The molecular weight excluding hydrogens is 312 g/mol. The summed E-state index contributed by atoms with van der Waals surface area (Å²) in [6, 6.07) is 15.1. The van der Waals surface area contributed by atoms with Crippen molar-refractivity contribution in [3.05, 3.63) is 64.7 Å². The molecule has 2 aromatic rings. The maximum Gasteiger partial charge on any atom is 0.251 e. The van der Waals surface area contributed by atoms with Crippen LogP contribution in [0.3, 0.4) is 0 Å². The van der Waals surface area contributed by atoms with Crippen LogP contribution in [0.5, 0.6) is 5.75 Å². The first-order chi connectivity index (χ1) is 11.1. The van der Waals surface area contributed by atoms with Crippen LogP contribution in [0.2, 0.25) is 5.02 Å². The third-order valence-corrected chi connectivity index (χ3v) is 3.81. The van der Waals surface area contributed by atoms with Crippen molar-refractivity contribution in [2.45, 2.75) is 6.54 Å². The Morgan fingerprint density at radius 3 is 2.39 bits per heavy atom. The van der Waals surface area contributed by atoms with Crippen LogP contribution in [-0.2, 0) is 6.54 Å². The van der Waals surface area contributed by atoms with Gasteiger partial charge in [0.05, 0.1) is 7.05 Å². The molecule has 0 saturated carbocycles. The molecular formula is C18H22ClN2O2+. The number of halogens is 1. The lowest BCUT2D eigenvalue weighted by Gasteiger charge is -2.15. The third-order valence-electron chi connectivity index (χ3n) is 3.56. The topological polar surface area (TPSA) is 42.8 Å². The summed E-state index contributed by atoms with van der Waals surface area (Å²) in [4.78, 5) is 12.8. The number of quaternary nitrogens is 1. The van der Waals surface area contributed by atoms with E-state index < -0.39 is 0 Å². The van der Waals surface area contributed by atoms with E-state index in [0.717, 1.165) is 18.8 Å². The highest BCUT2D eigenvalue weighted by Crippen LogP contribution is 2.15. The number of amides is 1. The number of likely N-dealkylation sites (N-methyl/N-ethyl adjacent to an activating group) is 1. The molecule has 4 nitrogen and oxygen atoms in total. The van der Waals surface area contributed by atoms with Gasteiger partial charge in [0, 0.05) is 23.2 Å². The van der Waals surface area contributed by atoms with Crippen molar-refractivity contribution in [3.63, 3.8) is 0 Å². The normalized spacial score (nSPS) is 11.8. The molecule has 5 heteroatoms. The molecule has 2 N–H and O–H groups in total. The van der Waals surface area contributed by atoms with E-state index in [-0.39, 0.29) is 5.91 Å². The van der Waals surface area contributed by atoms with Crippen molar-refractivity contribution >= 4 is 17.5 Å². The molecule has 0 heterocycles. The zero-order valence-corrected chi connectivity index (χ0v) is 14.2. The quantitative estimate of drug-likeness (QED) is 0.811. The zero-order valence-electron chi connectivity index (χ0n) is 13.4. The van der Waals surface area contributed by atoms with Gasteiger partial charge in [-0.15, -0.1) is 0 Å². The molecule has 0 aliphatic heterocycles. The third kappa shape index (κ3) is 5.58. The molecule has 23 heavy (non-hydrogen) atoms. The highest BCUT2D eigenvalue weighted by atomic mass is 35.5. The lowest BCUT2D eigenvalue weighted by Crippen LogP contribution is -3.08. The second kappa shape index (κ2) is 8.56. The van der Waals surface area contributed by atoms with Crippen LogP contribution in [0.15, 0.2) is 48.5 Å². The Morgan fingerprint density at radius 1 is 1.13 bits per heavy atom. The molecule has 122 valence electrons. The Morgan fingerprint density at radius 2 is 1.78 bits per heavy atom. The van der Waals surface area contributed by atoms with Crippen molar-refractivity contribution in [2.75, 3.05) is 27.2 Å². The monoisotopic (exact) mass is 333 g/mol. The molecule has 0 fully saturated rings. The van der Waals surface area contributed by atoms with E-state index in [1.165, 1.54) is 10.5 Å². The van der Waals surface area contributed by atoms with E-state index in [2.05, 4.69) is 12.4 Å². The van der Waals surface area contributed by atoms with Gasteiger partial charge < -0.3 is 15.0 Å². The summed E-state index contributed by atoms with van der Waals surface area (Å²) >= 11 is 5.84. The number of benzene rings is 2. The summed E-state index contributed by atoms with van der Waals surface area (Å²) < 4.78 is 5.70. The van der Waals surface area contributed by atoms with Gasteiger partial charge in [0.25, 0.3) is 5.91 Å². The second-order valence-electron chi connectivity index (χ2n) is 5.46. The molecule has 0 radical (unpaired) electrons. The first-order valence-electron chi connectivity index (χ1n) is 7.59. The molecule has 1 amide bonds. The van der Waals surface area contributed by atoms with Crippen LogP contribution >= 0.6 is 11.6 Å². The summed E-state index contributed by atoms with van der Waals surface area (Å²) in [6.07, 6.45) is 0. The fourth-order valence-corrected chi connectivity index (χ4v) is 2.36. The van der Waals surface area contributed by atoms with Crippen LogP contribution in [-0.4, -0.2) is 33.2 Å². The number of hydrogen-bond donors (Lipinski definition) is 2. The molecule has 2 aromatic carbocycles. The average molecular weight is 334 g/mol. The number of carbonyl (C=O) groups is 1. The van der Waals surface area contributed by atoms with E-state index in [0.29, 0.717) is 17.2 Å². The van der Waals surface area contributed by atoms with Gasteiger partial charge in [-0.2, -0.15) is 0 Å². The summed E-state index contributed by atoms with van der Waals surface area (Å²) in [6.45, 7) is 2.42. The van der Waals surface area contributed by atoms with Crippen LogP contribution < -0.4 is 15.0 Å². The van der Waals surface area contributed by atoms with Gasteiger partial charge in [-0.05, 0) is 36.4 Å². The number of carbonyl (C=O) groups excluding carboxylic acids is 1. The highest BCUT2D eigenvalue weighted by Gasteiger charge is 2.06. The molecule has 0 bridgehead atoms. The summed E-state index contributed by atoms with van der Waals surface area (Å²) in [5.41, 5.74) is 1.88.